The van der Waals surface area contributed by atoms with E-state index in [0.29, 0.717) is 6.42 Å². The lowest BCUT2D eigenvalue weighted by molar-refractivity contribution is 0.0851. The van der Waals surface area contributed by atoms with Gasteiger partial charge in [0.25, 0.3) is 0 Å². The van der Waals surface area contributed by atoms with Crippen molar-refractivity contribution in [2.75, 3.05) is 6.61 Å². The minimum absolute atomic E-state index is 0.205. The van der Waals surface area contributed by atoms with Gasteiger partial charge in [-0.15, -0.1) is 0 Å². The van der Waals surface area contributed by atoms with Gasteiger partial charge in [-0.25, -0.2) is 0 Å². The first-order chi connectivity index (χ1) is 9.65. The molecule has 2 aromatic rings. The minimum atomic E-state index is -0.684. The number of hydrogen-bond acceptors (Lipinski definition) is 3. The van der Waals surface area contributed by atoms with Crippen LogP contribution in [0.1, 0.15) is 11.1 Å². The molecule has 106 valence electrons. The van der Waals surface area contributed by atoms with Crippen LogP contribution in [0.15, 0.2) is 54.6 Å². The zero-order chi connectivity index (χ0) is 14.4. The molecule has 0 bridgehead atoms. The highest BCUT2D eigenvalue weighted by Gasteiger charge is 2.16. The lowest BCUT2D eigenvalue weighted by Gasteiger charge is -2.19. The Labute approximate surface area is 120 Å². The molecule has 0 saturated carbocycles. The molecule has 3 heteroatoms. The highest BCUT2D eigenvalue weighted by Crippen LogP contribution is 2.12. The van der Waals surface area contributed by atoms with Crippen molar-refractivity contribution < 1.29 is 9.84 Å². The summed E-state index contributed by atoms with van der Waals surface area (Å²) in [7, 11) is 0. The Morgan fingerprint density at radius 2 is 1.70 bits per heavy atom. The van der Waals surface area contributed by atoms with Gasteiger partial charge in [0.1, 0.15) is 18.5 Å². The summed E-state index contributed by atoms with van der Waals surface area (Å²) in [6.45, 7) is 2.23. The summed E-state index contributed by atoms with van der Waals surface area (Å²) in [5.41, 5.74) is 8.31. The number of hydrogen-bond donors (Lipinski definition) is 2. The number of aliphatic hydroxyl groups is 1. The van der Waals surface area contributed by atoms with Gasteiger partial charge in [0.05, 0.1) is 0 Å². The summed E-state index contributed by atoms with van der Waals surface area (Å²) < 4.78 is 5.55. The fourth-order valence-electron chi connectivity index (χ4n) is 1.96. The van der Waals surface area contributed by atoms with Crippen LogP contribution in [0.5, 0.6) is 5.75 Å². The normalized spacial score (nSPS) is 13.8. The van der Waals surface area contributed by atoms with Gasteiger partial charge in [0.15, 0.2) is 0 Å². The monoisotopic (exact) mass is 271 g/mol. The molecule has 0 radical (unpaired) electrons. The van der Waals surface area contributed by atoms with Crippen LogP contribution in [0.25, 0.3) is 0 Å². The fraction of sp³-hybridized carbons (Fsp3) is 0.294. The molecule has 0 spiro atoms. The average Bonchev–Trinajstić information content (AvgIpc) is 2.47. The summed E-state index contributed by atoms with van der Waals surface area (Å²) in [6.07, 6.45) is -0.0456. The number of nitrogens with two attached hydrogens (primary N) is 1. The third-order valence-electron chi connectivity index (χ3n) is 3.25. The van der Waals surface area contributed by atoms with Crippen molar-refractivity contribution in [2.24, 2.45) is 5.73 Å². The first-order valence-electron chi connectivity index (χ1n) is 6.82. The maximum atomic E-state index is 10.0. The maximum Gasteiger partial charge on any atom is 0.119 e. The van der Waals surface area contributed by atoms with Crippen LogP contribution >= 0.6 is 0 Å². The Morgan fingerprint density at radius 1 is 1.05 bits per heavy atom. The SMILES string of the molecule is Cc1ccc(OCC(O)C(N)Cc2ccccc2)cc1. The standard InChI is InChI=1S/C17H21NO2/c1-13-7-9-15(10-8-13)20-12-17(19)16(18)11-14-5-3-2-4-6-14/h2-10,16-17,19H,11-12,18H2,1H3. The molecule has 0 aliphatic heterocycles. The van der Waals surface area contributed by atoms with E-state index < -0.39 is 6.10 Å². The minimum Gasteiger partial charge on any atom is -0.491 e. The number of aliphatic hydroxyl groups excluding tert-OH is 1. The molecule has 2 rings (SSSR count). The Bertz CT molecular complexity index is 510. The van der Waals surface area contributed by atoms with Crippen LogP contribution in [0.2, 0.25) is 0 Å². The van der Waals surface area contributed by atoms with Gasteiger partial charge in [-0.2, -0.15) is 0 Å². The molecule has 0 aliphatic carbocycles. The lowest BCUT2D eigenvalue weighted by atomic mass is 10.0. The molecule has 0 fully saturated rings. The van der Waals surface area contributed by atoms with E-state index in [2.05, 4.69) is 0 Å². The zero-order valence-corrected chi connectivity index (χ0v) is 11.7. The predicted octanol–water partition coefficient (Wildman–Crippen LogP) is 2.30. The predicted molar refractivity (Wildman–Crippen MR) is 80.8 cm³/mol. The van der Waals surface area contributed by atoms with Gasteiger partial charge in [-0.1, -0.05) is 48.0 Å². The Hall–Kier alpha value is -1.84. The molecule has 0 aliphatic rings. The molecule has 2 atom stereocenters. The number of benzene rings is 2. The van der Waals surface area contributed by atoms with Gasteiger partial charge in [-0.05, 0) is 31.0 Å². The van der Waals surface area contributed by atoms with Crippen molar-refractivity contribution in [2.45, 2.75) is 25.5 Å². The Morgan fingerprint density at radius 3 is 2.35 bits per heavy atom. The topological polar surface area (TPSA) is 55.5 Å². The molecule has 2 unspecified atom stereocenters. The van der Waals surface area contributed by atoms with Crippen LogP contribution in [-0.2, 0) is 6.42 Å². The van der Waals surface area contributed by atoms with Crippen molar-refractivity contribution in [3.63, 3.8) is 0 Å². The maximum absolute atomic E-state index is 10.0. The van der Waals surface area contributed by atoms with E-state index in [9.17, 15) is 5.11 Å². The Kier molecular flexibility index (Phi) is 5.16. The van der Waals surface area contributed by atoms with E-state index in [-0.39, 0.29) is 12.6 Å². The van der Waals surface area contributed by atoms with Gasteiger partial charge in [0, 0.05) is 6.04 Å². The molecular weight excluding hydrogens is 250 g/mol. The van der Waals surface area contributed by atoms with Gasteiger partial charge >= 0.3 is 0 Å². The fourth-order valence-corrected chi connectivity index (χ4v) is 1.96. The molecule has 20 heavy (non-hydrogen) atoms. The van der Waals surface area contributed by atoms with Gasteiger partial charge in [-0.3, -0.25) is 0 Å². The van der Waals surface area contributed by atoms with Crippen molar-refractivity contribution in [1.29, 1.82) is 0 Å². The number of ether oxygens (including phenoxy) is 1. The van der Waals surface area contributed by atoms with Gasteiger partial charge in [0.2, 0.25) is 0 Å². The second-order valence-electron chi connectivity index (χ2n) is 5.04. The van der Waals surface area contributed by atoms with Crippen LogP contribution in [0.3, 0.4) is 0 Å². The van der Waals surface area contributed by atoms with Gasteiger partial charge < -0.3 is 15.6 Å². The van der Waals surface area contributed by atoms with E-state index >= 15 is 0 Å². The van der Waals surface area contributed by atoms with E-state index in [1.807, 2.05) is 61.5 Å². The van der Waals surface area contributed by atoms with E-state index in [4.69, 9.17) is 10.5 Å². The molecule has 0 heterocycles. The number of aryl methyl sites for hydroxylation is 1. The smallest absolute Gasteiger partial charge is 0.119 e. The van der Waals surface area contributed by atoms with Crippen LogP contribution in [-0.4, -0.2) is 23.9 Å². The molecule has 0 aromatic heterocycles. The van der Waals surface area contributed by atoms with E-state index in [0.717, 1.165) is 11.3 Å². The molecule has 2 aromatic carbocycles. The second-order valence-corrected chi connectivity index (χ2v) is 5.04. The van der Waals surface area contributed by atoms with Crippen molar-refractivity contribution in [3.05, 3.63) is 65.7 Å². The summed E-state index contributed by atoms with van der Waals surface area (Å²) >= 11 is 0. The second kappa shape index (κ2) is 7.08. The van der Waals surface area contributed by atoms with Crippen molar-refractivity contribution >= 4 is 0 Å². The Balaban J connectivity index is 1.82. The van der Waals surface area contributed by atoms with Crippen molar-refractivity contribution in [1.82, 2.24) is 0 Å². The molecule has 0 amide bonds. The molecule has 3 nitrogen and oxygen atoms in total. The van der Waals surface area contributed by atoms with Crippen LogP contribution in [0, 0.1) is 6.92 Å². The molecular formula is C17H21NO2. The highest BCUT2D eigenvalue weighted by atomic mass is 16.5. The third-order valence-corrected chi connectivity index (χ3v) is 3.25. The third kappa shape index (κ3) is 4.37. The van der Waals surface area contributed by atoms with Crippen LogP contribution < -0.4 is 10.5 Å². The van der Waals surface area contributed by atoms with Crippen LogP contribution in [0.4, 0.5) is 0 Å². The first kappa shape index (κ1) is 14.6. The summed E-state index contributed by atoms with van der Waals surface area (Å²) in [5, 5.41) is 10.0. The molecule has 3 N–H and O–H groups in total. The lowest BCUT2D eigenvalue weighted by Crippen LogP contribution is -2.40. The van der Waals surface area contributed by atoms with E-state index in [1.54, 1.807) is 0 Å². The molecule has 0 saturated heterocycles. The number of rotatable bonds is 6. The first-order valence-corrected chi connectivity index (χ1v) is 6.82. The quantitative estimate of drug-likeness (QED) is 0.847. The average molecular weight is 271 g/mol. The summed E-state index contributed by atoms with van der Waals surface area (Å²) in [6, 6.07) is 17.3. The van der Waals surface area contributed by atoms with E-state index in [1.165, 1.54) is 5.56 Å². The zero-order valence-electron chi connectivity index (χ0n) is 11.7. The largest absolute Gasteiger partial charge is 0.491 e. The highest BCUT2D eigenvalue weighted by molar-refractivity contribution is 5.26. The summed E-state index contributed by atoms with van der Waals surface area (Å²) in [4.78, 5) is 0. The van der Waals surface area contributed by atoms with Crippen molar-refractivity contribution in [3.8, 4) is 5.75 Å². The summed E-state index contributed by atoms with van der Waals surface area (Å²) in [5.74, 6) is 0.751.